The molecule has 3 aliphatic heterocycles. The quantitative estimate of drug-likeness (QED) is 0.101. The van der Waals surface area contributed by atoms with Crippen molar-refractivity contribution < 1.29 is 43.5 Å². The van der Waals surface area contributed by atoms with Crippen LogP contribution < -0.4 is 0 Å². The van der Waals surface area contributed by atoms with Gasteiger partial charge < -0.3 is 39.0 Å². The molecule has 0 bridgehead atoms. The van der Waals surface area contributed by atoms with Crippen molar-refractivity contribution in [1.82, 2.24) is 14.7 Å². The van der Waals surface area contributed by atoms with E-state index < -0.39 is 36.0 Å². The lowest BCUT2D eigenvalue weighted by Crippen LogP contribution is -2.53. The van der Waals surface area contributed by atoms with E-state index in [0.29, 0.717) is 32.3 Å². The molecule has 52 heavy (non-hydrogen) atoms. The van der Waals surface area contributed by atoms with Crippen molar-refractivity contribution in [3.63, 3.8) is 0 Å². The third-order valence-corrected chi connectivity index (χ3v) is 11.2. The molecule has 3 fully saturated rings. The molecule has 0 unspecified atom stereocenters. The van der Waals surface area contributed by atoms with E-state index in [2.05, 4.69) is 4.90 Å². The zero-order valence-electron chi connectivity index (χ0n) is 32.2. The number of hydrogen-bond donors (Lipinski definition) is 2. The molecule has 1 saturated carbocycles. The number of carbonyl (C=O) groups is 3. The summed E-state index contributed by atoms with van der Waals surface area (Å²) in [5.41, 5.74) is -0.704. The Morgan fingerprint density at radius 3 is 2.42 bits per heavy atom. The maximum atomic E-state index is 13.5. The van der Waals surface area contributed by atoms with Gasteiger partial charge in [0.1, 0.15) is 11.7 Å². The summed E-state index contributed by atoms with van der Waals surface area (Å²) in [5.74, 6) is -0.931. The molecule has 12 heteroatoms. The minimum absolute atomic E-state index is 0.0461. The van der Waals surface area contributed by atoms with Crippen molar-refractivity contribution in [2.75, 3.05) is 53.0 Å². The molecule has 0 aromatic carbocycles. The zero-order valence-corrected chi connectivity index (χ0v) is 32.2. The number of aliphatic hydroxyl groups excluding tert-OH is 1. The van der Waals surface area contributed by atoms with E-state index >= 15 is 0 Å². The number of esters is 1. The molecule has 3 heterocycles. The van der Waals surface area contributed by atoms with E-state index in [1.165, 1.54) is 38.5 Å². The first kappa shape index (κ1) is 41.8. The van der Waals surface area contributed by atoms with Gasteiger partial charge >= 0.3 is 18.2 Å². The standard InChI is InChI=1S/C40H65N3O9/c1-29(27-50-39(47)43-21-11-16-33(43)28-49-5)12-10-13-30(2)37-31(3)17-18-35(40(4,48)20-19-34(44)26-36(45)52-37)51-38(46)42-24-22-41(23-25-42)32-14-8-6-7-9-15-32/h10,12-13,17-18,29,31-35,37,44,48H,6-9,11,14-16,19-28H2,1-5H3/b12-10+,18-17-,30-13+/t29-,31-,33+,34-,35-,37+,40-/m0/s1. The Morgan fingerprint density at radius 2 is 1.73 bits per heavy atom. The molecule has 12 nitrogen and oxygen atoms in total. The first-order chi connectivity index (χ1) is 24.9. The highest BCUT2D eigenvalue weighted by molar-refractivity contribution is 5.70. The summed E-state index contributed by atoms with van der Waals surface area (Å²) in [5, 5.41) is 22.2. The molecule has 0 spiro atoms. The van der Waals surface area contributed by atoms with Crippen LogP contribution in [0.3, 0.4) is 0 Å². The predicted octanol–water partition coefficient (Wildman–Crippen LogP) is 5.62. The van der Waals surface area contributed by atoms with Gasteiger partial charge in [0.15, 0.2) is 6.10 Å². The molecule has 4 rings (SSSR count). The molecule has 294 valence electrons. The third kappa shape index (κ3) is 12.6. The van der Waals surface area contributed by atoms with Crippen LogP contribution in [0.2, 0.25) is 0 Å². The summed E-state index contributed by atoms with van der Waals surface area (Å²) < 4.78 is 22.7. The lowest BCUT2D eigenvalue weighted by Gasteiger charge is -2.40. The molecule has 2 saturated heterocycles. The minimum atomic E-state index is -1.47. The fraction of sp³-hybridized carbons (Fsp3) is 0.775. The normalized spacial score (nSPS) is 32.0. The molecule has 4 aliphatic rings. The number of likely N-dealkylation sites (tertiary alicyclic amines) is 1. The van der Waals surface area contributed by atoms with Crippen LogP contribution >= 0.6 is 0 Å². The maximum Gasteiger partial charge on any atom is 0.410 e. The number of aliphatic hydroxyl groups is 2. The Labute approximate surface area is 311 Å². The number of methoxy groups -OCH3 is 1. The van der Waals surface area contributed by atoms with Crippen molar-refractivity contribution >= 4 is 18.2 Å². The number of ether oxygens (including phenoxy) is 4. The Hall–Kier alpha value is -2.93. The van der Waals surface area contributed by atoms with Crippen molar-refractivity contribution in [3.8, 4) is 0 Å². The average Bonchev–Trinajstić information content (AvgIpc) is 3.41. The van der Waals surface area contributed by atoms with Crippen LogP contribution in [0.25, 0.3) is 0 Å². The Kier molecular flexibility index (Phi) is 16.5. The summed E-state index contributed by atoms with van der Waals surface area (Å²) >= 11 is 0. The fourth-order valence-corrected chi connectivity index (χ4v) is 7.80. The molecule has 1 aliphatic carbocycles. The van der Waals surface area contributed by atoms with Gasteiger partial charge in [-0.1, -0.05) is 63.8 Å². The average molecular weight is 732 g/mol. The molecular weight excluding hydrogens is 666 g/mol. The largest absolute Gasteiger partial charge is 0.457 e. The molecule has 0 radical (unpaired) electrons. The molecule has 7 atom stereocenters. The predicted molar refractivity (Wildman–Crippen MR) is 199 cm³/mol. The van der Waals surface area contributed by atoms with E-state index in [9.17, 15) is 24.6 Å². The fourth-order valence-electron chi connectivity index (χ4n) is 7.80. The molecule has 0 aromatic rings. The van der Waals surface area contributed by atoms with Crippen LogP contribution in [0.1, 0.15) is 98.3 Å². The van der Waals surface area contributed by atoms with E-state index in [1.807, 2.05) is 45.1 Å². The van der Waals surface area contributed by atoms with Gasteiger partial charge in [0.05, 0.1) is 31.8 Å². The zero-order chi connectivity index (χ0) is 37.7. The third-order valence-electron chi connectivity index (χ3n) is 11.2. The maximum absolute atomic E-state index is 13.5. The summed E-state index contributed by atoms with van der Waals surface area (Å²) in [6.45, 7) is 11.5. The van der Waals surface area contributed by atoms with E-state index in [-0.39, 0.29) is 49.8 Å². The molecule has 2 amide bonds. The Morgan fingerprint density at radius 1 is 1.02 bits per heavy atom. The summed E-state index contributed by atoms with van der Waals surface area (Å²) in [4.78, 5) is 45.0. The SMILES string of the molecule is COC[C@H]1CCCN1C(=O)OC[C@@H](C)/C=C/C=C(\C)[C@H]1OC(=O)C[C@@H](O)CC[C@](C)(O)[C@@H](OC(=O)N2CCN(C3CCCCCC3)CC2)/C=C\[C@@H]1C. The van der Waals surface area contributed by atoms with Crippen molar-refractivity contribution in [2.45, 2.75) is 134 Å². The highest BCUT2D eigenvalue weighted by Crippen LogP contribution is 2.28. The minimum Gasteiger partial charge on any atom is -0.457 e. The van der Waals surface area contributed by atoms with Crippen molar-refractivity contribution in [1.29, 1.82) is 0 Å². The second kappa shape index (κ2) is 20.5. The van der Waals surface area contributed by atoms with Crippen LogP contribution in [-0.4, -0.2) is 132 Å². The highest BCUT2D eigenvalue weighted by Gasteiger charge is 2.37. The van der Waals surface area contributed by atoms with Gasteiger partial charge in [-0.05, 0) is 64.0 Å². The lowest BCUT2D eigenvalue weighted by molar-refractivity contribution is -0.151. The summed E-state index contributed by atoms with van der Waals surface area (Å²) in [7, 11) is 1.63. The first-order valence-electron chi connectivity index (χ1n) is 19.6. The van der Waals surface area contributed by atoms with Crippen LogP contribution in [0.5, 0.6) is 0 Å². The van der Waals surface area contributed by atoms with Gasteiger partial charge in [-0.15, -0.1) is 0 Å². The van der Waals surface area contributed by atoms with Gasteiger partial charge in [-0.2, -0.15) is 0 Å². The van der Waals surface area contributed by atoms with Crippen molar-refractivity contribution in [2.24, 2.45) is 11.8 Å². The van der Waals surface area contributed by atoms with Crippen molar-refractivity contribution in [3.05, 3.63) is 36.0 Å². The van der Waals surface area contributed by atoms with Crippen LogP contribution in [0.4, 0.5) is 9.59 Å². The summed E-state index contributed by atoms with van der Waals surface area (Å²) in [6.07, 6.45) is 15.2. The number of nitrogens with zero attached hydrogens (tertiary/aromatic N) is 3. The first-order valence-corrected chi connectivity index (χ1v) is 19.6. The number of cyclic esters (lactones) is 1. The smallest absolute Gasteiger partial charge is 0.410 e. The second-order valence-electron chi connectivity index (χ2n) is 15.7. The van der Waals surface area contributed by atoms with Gasteiger partial charge in [0.2, 0.25) is 0 Å². The number of piperazine rings is 1. The van der Waals surface area contributed by atoms with Crippen LogP contribution in [-0.2, 0) is 23.7 Å². The van der Waals surface area contributed by atoms with E-state index in [4.69, 9.17) is 18.9 Å². The van der Waals surface area contributed by atoms with Crippen LogP contribution in [0.15, 0.2) is 36.0 Å². The molecule has 0 aromatic heterocycles. The van der Waals surface area contributed by atoms with Gasteiger partial charge in [-0.25, -0.2) is 9.59 Å². The Balaban J connectivity index is 1.38. The topological polar surface area (TPSA) is 138 Å². The number of hydrogen-bond acceptors (Lipinski definition) is 10. The van der Waals surface area contributed by atoms with Gasteiger partial charge in [0.25, 0.3) is 0 Å². The van der Waals surface area contributed by atoms with Gasteiger partial charge in [0, 0.05) is 57.7 Å². The van der Waals surface area contributed by atoms with Gasteiger partial charge in [-0.3, -0.25) is 9.69 Å². The monoisotopic (exact) mass is 731 g/mol. The number of carbonyl (C=O) groups excluding carboxylic acids is 3. The Bertz CT molecular complexity index is 1240. The second-order valence-corrected chi connectivity index (χ2v) is 15.7. The highest BCUT2D eigenvalue weighted by atomic mass is 16.6. The van der Waals surface area contributed by atoms with E-state index in [0.717, 1.165) is 31.5 Å². The molecular formula is C40H65N3O9. The summed E-state index contributed by atoms with van der Waals surface area (Å²) in [6, 6.07) is 0.630. The molecule has 2 N–H and O–H groups in total. The number of allylic oxidation sites excluding steroid dienone is 2. The lowest BCUT2D eigenvalue weighted by atomic mass is 9.89. The number of rotatable bonds is 9. The van der Waals surface area contributed by atoms with Crippen LogP contribution in [0, 0.1) is 11.8 Å². The number of amides is 2. The van der Waals surface area contributed by atoms with E-state index in [1.54, 1.807) is 29.9 Å².